The Morgan fingerprint density at radius 3 is 2.27 bits per heavy atom. The summed E-state index contributed by atoms with van der Waals surface area (Å²) >= 11 is 0. The van der Waals surface area contributed by atoms with Crippen LogP contribution in [0.4, 0.5) is 10.5 Å². The molecular formula is C23H32N4O6. The monoisotopic (exact) mass is 460 g/mol. The highest BCUT2D eigenvalue weighted by Gasteiger charge is 2.42. The van der Waals surface area contributed by atoms with Crippen molar-refractivity contribution in [2.75, 3.05) is 57.4 Å². The molecule has 2 unspecified atom stereocenters. The number of carbonyl (C=O) groups excluding carboxylic acids is 3. The molecule has 3 amide bonds. The summed E-state index contributed by atoms with van der Waals surface area (Å²) in [5.74, 6) is -1.97. The average Bonchev–Trinajstić information content (AvgIpc) is 2.89. The van der Waals surface area contributed by atoms with E-state index in [2.05, 4.69) is 17.0 Å². The molecule has 10 heteroatoms. The molecular weight excluding hydrogens is 428 g/mol. The minimum atomic E-state index is -0.745. The zero-order valence-corrected chi connectivity index (χ0v) is 18.7. The van der Waals surface area contributed by atoms with Crippen molar-refractivity contribution < 1.29 is 29.1 Å². The summed E-state index contributed by atoms with van der Waals surface area (Å²) in [5, 5.41) is 9.27. The molecule has 2 heterocycles. The molecule has 0 spiro atoms. The maximum atomic E-state index is 13.3. The summed E-state index contributed by atoms with van der Waals surface area (Å²) < 4.78 is 10.9. The zero-order chi connectivity index (χ0) is 23.2. The Morgan fingerprint density at radius 2 is 1.61 bits per heavy atom. The molecule has 2 N–H and O–H groups in total. The Labute approximate surface area is 193 Å². The molecule has 0 aromatic heterocycles. The number of ether oxygens (including phenoxy) is 2. The van der Waals surface area contributed by atoms with Gasteiger partial charge in [-0.25, -0.2) is 10.3 Å². The van der Waals surface area contributed by atoms with Gasteiger partial charge < -0.3 is 24.2 Å². The van der Waals surface area contributed by atoms with E-state index in [9.17, 15) is 19.6 Å². The summed E-state index contributed by atoms with van der Waals surface area (Å²) in [6, 6.07) is 10.1. The normalized spacial score (nSPS) is 26.0. The number of nitrogens with one attached hydrogen (secondary N) is 1. The molecule has 0 bridgehead atoms. The van der Waals surface area contributed by atoms with Gasteiger partial charge in [-0.1, -0.05) is 18.2 Å². The standard InChI is InChI=1S/C23H32N4O6/c28-21(24-31)20-16-18(33-23(30)27-12-14-32-15-13-27)6-7-19(20)22(29)26-10-8-25(9-11-26)17-4-2-1-3-5-17/h1-5,18-20,31H,6-16H2,(H,24,28)/t18?,19-,20?/m0/s1. The van der Waals surface area contributed by atoms with Crippen molar-refractivity contribution in [2.24, 2.45) is 11.8 Å². The van der Waals surface area contributed by atoms with Crippen LogP contribution in [-0.2, 0) is 19.1 Å². The highest BCUT2D eigenvalue weighted by Crippen LogP contribution is 2.34. The molecule has 4 rings (SSSR count). The number of hydrogen-bond acceptors (Lipinski definition) is 7. The molecule has 1 saturated carbocycles. The van der Waals surface area contributed by atoms with Gasteiger partial charge in [0.15, 0.2) is 0 Å². The Kier molecular flexibility index (Phi) is 7.66. The first kappa shape index (κ1) is 23.3. The molecule has 1 aromatic carbocycles. The fraction of sp³-hybridized carbons (Fsp3) is 0.609. The van der Waals surface area contributed by atoms with Crippen molar-refractivity contribution in [2.45, 2.75) is 25.4 Å². The summed E-state index contributed by atoms with van der Waals surface area (Å²) in [5.41, 5.74) is 2.83. The number of hydroxylamine groups is 1. The van der Waals surface area contributed by atoms with Crippen molar-refractivity contribution >= 4 is 23.6 Å². The quantitative estimate of drug-likeness (QED) is 0.511. The van der Waals surface area contributed by atoms with E-state index >= 15 is 0 Å². The Morgan fingerprint density at radius 1 is 0.909 bits per heavy atom. The van der Waals surface area contributed by atoms with Crippen LogP contribution < -0.4 is 10.4 Å². The van der Waals surface area contributed by atoms with Gasteiger partial charge >= 0.3 is 6.09 Å². The van der Waals surface area contributed by atoms with E-state index < -0.39 is 29.9 Å². The van der Waals surface area contributed by atoms with Gasteiger partial charge in [0.25, 0.3) is 0 Å². The molecule has 3 fully saturated rings. The third kappa shape index (κ3) is 5.56. The molecule has 3 atom stereocenters. The van der Waals surface area contributed by atoms with Gasteiger partial charge in [-0.3, -0.25) is 14.8 Å². The minimum absolute atomic E-state index is 0.0748. The number of rotatable bonds is 4. The van der Waals surface area contributed by atoms with Crippen LogP contribution in [0.5, 0.6) is 0 Å². The lowest BCUT2D eigenvalue weighted by atomic mass is 9.76. The molecule has 10 nitrogen and oxygen atoms in total. The van der Waals surface area contributed by atoms with E-state index in [1.165, 1.54) is 0 Å². The number of nitrogens with zero attached hydrogens (tertiary/aromatic N) is 3. The fourth-order valence-electron chi connectivity index (χ4n) is 4.93. The number of anilines is 1. The van der Waals surface area contributed by atoms with Gasteiger partial charge in [0, 0.05) is 45.0 Å². The molecule has 1 aromatic rings. The molecule has 2 saturated heterocycles. The van der Waals surface area contributed by atoms with Gasteiger partial charge in [-0.05, 0) is 31.4 Å². The van der Waals surface area contributed by atoms with Gasteiger partial charge in [0.05, 0.1) is 25.0 Å². The van der Waals surface area contributed by atoms with Crippen molar-refractivity contribution in [1.29, 1.82) is 0 Å². The highest BCUT2D eigenvalue weighted by molar-refractivity contribution is 5.87. The van der Waals surface area contributed by atoms with E-state index in [0.29, 0.717) is 52.2 Å². The van der Waals surface area contributed by atoms with E-state index in [-0.39, 0.29) is 12.3 Å². The van der Waals surface area contributed by atoms with Crippen LogP contribution in [0.15, 0.2) is 30.3 Å². The molecule has 0 radical (unpaired) electrons. The summed E-state index contributed by atoms with van der Waals surface area (Å²) in [7, 11) is 0. The van der Waals surface area contributed by atoms with Crippen LogP contribution >= 0.6 is 0 Å². The number of hydrogen-bond donors (Lipinski definition) is 2. The first-order valence-electron chi connectivity index (χ1n) is 11.6. The van der Waals surface area contributed by atoms with Gasteiger partial charge in [-0.2, -0.15) is 0 Å². The fourth-order valence-corrected chi connectivity index (χ4v) is 4.93. The summed E-state index contributed by atoms with van der Waals surface area (Å²) in [4.78, 5) is 43.8. The maximum Gasteiger partial charge on any atom is 0.410 e. The number of morpholine rings is 1. The molecule has 3 aliphatic rings. The maximum absolute atomic E-state index is 13.3. The van der Waals surface area contributed by atoms with Crippen molar-refractivity contribution in [3.8, 4) is 0 Å². The third-order valence-corrected chi connectivity index (χ3v) is 6.82. The molecule has 1 aliphatic carbocycles. The number of benzene rings is 1. The van der Waals surface area contributed by atoms with Crippen molar-refractivity contribution in [3.05, 3.63) is 30.3 Å². The second-order valence-corrected chi connectivity index (χ2v) is 8.76. The zero-order valence-electron chi connectivity index (χ0n) is 18.7. The topological polar surface area (TPSA) is 112 Å². The Balaban J connectivity index is 1.34. The van der Waals surface area contributed by atoms with E-state index in [0.717, 1.165) is 18.8 Å². The van der Waals surface area contributed by atoms with E-state index in [1.54, 1.807) is 10.4 Å². The smallest absolute Gasteiger partial charge is 0.410 e. The minimum Gasteiger partial charge on any atom is -0.446 e. The van der Waals surface area contributed by atoms with E-state index in [4.69, 9.17) is 9.47 Å². The van der Waals surface area contributed by atoms with Crippen molar-refractivity contribution in [1.82, 2.24) is 15.3 Å². The van der Waals surface area contributed by atoms with Crippen LogP contribution in [0, 0.1) is 11.8 Å². The van der Waals surface area contributed by atoms with Crippen LogP contribution in [0.25, 0.3) is 0 Å². The van der Waals surface area contributed by atoms with Crippen LogP contribution in [0.3, 0.4) is 0 Å². The van der Waals surface area contributed by atoms with Crippen molar-refractivity contribution in [3.63, 3.8) is 0 Å². The Hall–Kier alpha value is -2.85. The van der Waals surface area contributed by atoms with Crippen LogP contribution in [-0.4, -0.2) is 91.5 Å². The summed E-state index contributed by atoms with van der Waals surface area (Å²) in [6.45, 7) is 4.50. The van der Waals surface area contributed by atoms with E-state index in [1.807, 2.05) is 23.1 Å². The average molecular weight is 461 g/mol. The number of para-hydroxylation sites is 1. The lowest BCUT2D eigenvalue weighted by molar-refractivity contribution is -0.149. The first-order chi connectivity index (χ1) is 16.1. The Bertz CT molecular complexity index is 824. The molecule has 2 aliphatic heterocycles. The number of carbonyl (C=O) groups is 3. The predicted octanol–water partition coefficient (Wildman–Crippen LogP) is 1.09. The van der Waals surface area contributed by atoms with Gasteiger partial charge in [0.2, 0.25) is 11.8 Å². The first-order valence-corrected chi connectivity index (χ1v) is 11.6. The van der Waals surface area contributed by atoms with Gasteiger partial charge in [0.1, 0.15) is 6.10 Å². The third-order valence-electron chi connectivity index (χ3n) is 6.82. The van der Waals surface area contributed by atoms with Crippen LogP contribution in [0.1, 0.15) is 19.3 Å². The number of amides is 3. The summed E-state index contributed by atoms with van der Waals surface area (Å²) in [6.07, 6.45) is 0.251. The second kappa shape index (κ2) is 10.8. The highest BCUT2D eigenvalue weighted by atomic mass is 16.6. The number of piperazine rings is 1. The van der Waals surface area contributed by atoms with Gasteiger partial charge in [-0.15, -0.1) is 0 Å². The molecule has 180 valence electrons. The SMILES string of the molecule is O=C(NO)C1CC(OC(=O)N2CCOCC2)CC[C@@H]1C(=O)N1CCN(c2ccccc2)CC1. The van der Waals surface area contributed by atoms with Crippen LogP contribution in [0.2, 0.25) is 0 Å². The predicted molar refractivity (Wildman–Crippen MR) is 119 cm³/mol. The second-order valence-electron chi connectivity index (χ2n) is 8.76. The largest absolute Gasteiger partial charge is 0.446 e. The lowest BCUT2D eigenvalue weighted by Gasteiger charge is -2.40. The molecule has 33 heavy (non-hydrogen) atoms. The lowest BCUT2D eigenvalue weighted by Crippen LogP contribution is -2.53.